The highest BCUT2D eigenvalue weighted by Gasteiger charge is 2.43. The largest absolute Gasteiger partial charge is 0.769 e. The van der Waals surface area contributed by atoms with E-state index in [2.05, 4.69) is 5.32 Å². The summed E-state index contributed by atoms with van der Waals surface area (Å²) < 4.78 is 5.24. The molecule has 142 valence electrons. The molecule has 0 aromatic heterocycles. The molecule has 0 aliphatic carbocycles. The molecule has 1 aromatic rings. The predicted octanol–water partition coefficient (Wildman–Crippen LogP) is -1.41. The third kappa shape index (κ3) is 3.92. The summed E-state index contributed by atoms with van der Waals surface area (Å²) in [7, 11) is 0. The number of hydrogen-bond acceptors (Lipinski definition) is 12. The molecule has 1 aromatic carbocycles. The van der Waals surface area contributed by atoms with Gasteiger partial charge in [-0.15, -0.1) is 5.23 Å². The van der Waals surface area contributed by atoms with Crippen molar-refractivity contribution in [1.29, 1.82) is 0 Å². The minimum absolute atomic E-state index is 0.0191. The second-order valence-electron chi connectivity index (χ2n) is 5.58. The summed E-state index contributed by atoms with van der Waals surface area (Å²) in [5.41, 5.74) is -0.766. The van der Waals surface area contributed by atoms with E-state index in [-0.39, 0.29) is 22.2 Å². The van der Waals surface area contributed by atoms with Gasteiger partial charge in [0.2, 0.25) is 0 Å². The maximum atomic E-state index is 11.1. The fourth-order valence-corrected chi connectivity index (χ4v) is 2.55. The molecule has 0 saturated carbocycles. The number of rotatable bonds is 5. The first-order chi connectivity index (χ1) is 11.7. The quantitative estimate of drug-likeness (QED) is 0.303. The van der Waals surface area contributed by atoms with Crippen LogP contribution in [0.3, 0.4) is 0 Å². The molecule has 1 fully saturated rings. The van der Waals surface area contributed by atoms with Gasteiger partial charge in [-0.1, -0.05) is 0 Å². The lowest BCUT2D eigenvalue weighted by atomic mass is 9.98. The smallest absolute Gasteiger partial charge is 0.157 e. The van der Waals surface area contributed by atoms with Crippen molar-refractivity contribution in [3.05, 3.63) is 28.1 Å². The van der Waals surface area contributed by atoms with Crippen LogP contribution in [0.25, 0.3) is 0 Å². The van der Waals surface area contributed by atoms with E-state index in [0.29, 0.717) is 0 Å². The van der Waals surface area contributed by atoms with Gasteiger partial charge in [0.25, 0.3) is 0 Å². The Kier molecular flexibility index (Phi) is 5.99. The number of aliphatic hydroxyl groups is 4. The van der Waals surface area contributed by atoms with E-state index in [1.165, 1.54) is 6.92 Å². The number of nitrogens with one attached hydrogen (secondary N) is 1. The van der Waals surface area contributed by atoms with Gasteiger partial charge >= 0.3 is 0 Å². The summed E-state index contributed by atoms with van der Waals surface area (Å²) in [6.45, 7) is 0.675. The molecule has 1 heterocycles. The van der Waals surface area contributed by atoms with Gasteiger partial charge in [-0.05, 0) is 24.6 Å². The molecule has 1 aliphatic heterocycles. The molecular weight excluding hydrogens is 342 g/mol. The predicted molar refractivity (Wildman–Crippen MR) is 83.8 cm³/mol. The molecule has 12 nitrogen and oxygen atoms in total. The Morgan fingerprint density at radius 2 is 1.68 bits per heavy atom. The summed E-state index contributed by atoms with van der Waals surface area (Å²) in [6, 6.07) is 2.22. The van der Waals surface area contributed by atoms with Crippen LogP contribution in [0, 0.1) is 17.3 Å². The molecule has 0 bridgehead atoms. The Labute approximate surface area is 141 Å². The number of nitrogens with zero attached hydrogens (tertiary/aromatic N) is 2. The van der Waals surface area contributed by atoms with Crippen LogP contribution >= 0.6 is 0 Å². The van der Waals surface area contributed by atoms with Crippen LogP contribution in [-0.4, -0.2) is 68.1 Å². The van der Waals surface area contributed by atoms with Gasteiger partial charge < -0.3 is 46.1 Å². The van der Waals surface area contributed by atoms with E-state index in [1.807, 2.05) is 0 Å². The molecule has 2 rings (SSSR count). The molecular formula is C13H19N3O9-2. The Hall–Kier alpha value is -1.74. The zero-order valence-electron chi connectivity index (χ0n) is 13.1. The topological polar surface area (TPSA) is 195 Å². The molecule has 0 spiro atoms. The van der Waals surface area contributed by atoms with Gasteiger partial charge in [-0.25, -0.2) is 0 Å². The van der Waals surface area contributed by atoms with E-state index in [9.17, 15) is 36.1 Å². The van der Waals surface area contributed by atoms with Crippen molar-refractivity contribution in [3.63, 3.8) is 0 Å². The second-order valence-corrected chi connectivity index (χ2v) is 5.58. The van der Waals surface area contributed by atoms with Gasteiger partial charge in [-0.2, -0.15) is 0 Å². The average molecular weight is 361 g/mol. The van der Waals surface area contributed by atoms with E-state index in [1.54, 1.807) is 0 Å². The Bertz CT molecular complexity index is 569. The van der Waals surface area contributed by atoms with Crippen molar-refractivity contribution >= 4 is 17.1 Å². The number of anilines is 3. The molecule has 1 aliphatic rings. The first kappa shape index (κ1) is 19.6. The van der Waals surface area contributed by atoms with Crippen LogP contribution in [-0.2, 0) is 4.74 Å². The van der Waals surface area contributed by atoms with Crippen LogP contribution in [0.5, 0.6) is 0 Å². The van der Waals surface area contributed by atoms with Gasteiger partial charge in [0.1, 0.15) is 30.1 Å². The number of aliphatic hydroxyl groups excluding tert-OH is 4. The molecule has 0 amide bonds. The Morgan fingerprint density at radius 1 is 1.08 bits per heavy atom. The average Bonchev–Trinajstić information content (AvgIpc) is 2.56. The molecule has 12 heteroatoms. The van der Waals surface area contributed by atoms with Crippen molar-refractivity contribution in [2.24, 2.45) is 0 Å². The number of ether oxygens (including phenoxy) is 1. The Balaban J connectivity index is 2.32. The molecule has 7 N–H and O–H groups in total. The van der Waals surface area contributed by atoms with Crippen molar-refractivity contribution in [2.75, 3.05) is 22.4 Å². The van der Waals surface area contributed by atoms with Crippen molar-refractivity contribution in [3.8, 4) is 0 Å². The van der Waals surface area contributed by atoms with E-state index in [4.69, 9.17) is 9.84 Å². The van der Waals surface area contributed by atoms with E-state index < -0.39 is 48.2 Å². The van der Waals surface area contributed by atoms with Crippen LogP contribution in [0.15, 0.2) is 12.1 Å². The highest BCUT2D eigenvalue weighted by molar-refractivity contribution is 5.73. The third-order valence-corrected chi connectivity index (χ3v) is 3.97. The normalized spacial score (nSPS) is 29.4. The zero-order valence-corrected chi connectivity index (χ0v) is 13.1. The number of hydrogen-bond donors (Lipinski definition) is 7. The number of benzene rings is 1. The lowest BCUT2D eigenvalue weighted by molar-refractivity contribution is -0.221. The highest BCUT2D eigenvalue weighted by atomic mass is 16.8. The SMILES string of the molecule is Cc1c(N([O-])[O-])cc(NC2OC(CO)C(O)C(O)C2O)cc1N(O)O. The zero-order chi connectivity index (χ0) is 18.9. The third-order valence-electron chi connectivity index (χ3n) is 3.97. The van der Waals surface area contributed by atoms with Crippen LogP contribution < -0.4 is 15.8 Å². The molecule has 0 radical (unpaired) electrons. The summed E-state index contributed by atoms with van der Waals surface area (Å²) in [4.78, 5) is 0. The van der Waals surface area contributed by atoms with Crippen LogP contribution in [0.2, 0.25) is 0 Å². The van der Waals surface area contributed by atoms with Gasteiger partial charge in [0.15, 0.2) is 6.23 Å². The molecule has 1 saturated heterocycles. The van der Waals surface area contributed by atoms with Crippen molar-refractivity contribution < 1.29 is 35.6 Å². The van der Waals surface area contributed by atoms with E-state index in [0.717, 1.165) is 12.1 Å². The maximum absolute atomic E-state index is 11.1. The van der Waals surface area contributed by atoms with Crippen LogP contribution in [0.1, 0.15) is 5.56 Å². The summed E-state index contributed by atoms with van der Waals surface area (Å²) in [5.74, 6) is 0. The monoisotopic (exact) mass is 361 g/mol. The molecule has 5 atom stereocenters. The highest BCUT2D eigenvalue weighted by Crippen LogP contribution is 2.33. The molecule has 25 heavy (non-hydrogen) atoms. The minimum Gasteiger partial charge on any atom is -0.769 e. The fourth-order valence-electron chi connectivity index (χ4n) is 2.55. The first-order valence-corrected chi connectivity index (χ1v) is 7.21. The Morgan fingerprint density at radius 3 is 2.20 bits per heavy atom. The van der Waals surface area contributed by atoms with Gasteiger partial charge in [0, 0.05) is 11.4 Å². The lowest BCUT2D eigenvalue weighted by Gasteiger charge is -2.42. The van der Waals surface area contributed by atoms with Crippen molar-refractivity contribution in [2.45, 2.75) is 37.6 Å². The van der Waals surface area contributed by atoms with Gasteiger partial charge in [-0.3, -0.25) is 10.4 Å². The van der Waals surface area contributed by atoms with Crippen molar-refractivity contribution in [1.82, 2.24) is 0 Å². The fraction of sp³-hybridized carbons (Fsp3) is 0.538. The summed E-state index contributed by atoms with van der Waals surface area (Å²) >= 11 is 0. The first-order valence-electron chi connectivity index (χ1n) is 7.21. The minimum atomic E-state index is -1.63. The van der Waals surface area contributed by atoms with Gasteiger partial charge in [0.05, 0.1) is 6.61 Å². The lowest BCUT2D eigenvalue weighted by Crippen LogP contribution is -2.60. The summed E-state index contributed by atoms with van der Waals surface area (Å²) in [5, 5.41) is 80.7. The van der Waals surface area contributed by atoms with E-state index >= 15 is 0 Å². The second kappa shape index (κ2) is 7.65. The molecule has 5 unspecified atom stereocenters. The van der Waals surface area contributed by atoms with Crippen LogP contribution in [0.4, 0.5) is 17.1 Å². The standard InChI is InChI=1S/C13H19N3O9/c1-5-7(15(21)22)2-6(3-8(5)16(23)24)14-13-12(20)11(19)10(18)9(4-17)25-13/h2-3,9-14,17-22H,4H2,1H3/q-2. The summed E-state index contributed by atoms with van der Waals surface area (Å²) in [6.07, 6.45) is -7.28. The maximum Gasteiger partial charge on any atom is 0.157 e.